The highest BCUT2D eigenvalue weighted by Crippen LogP contribution is 2.24. The molecule has 0 aliphatic carbocycles. The van der Waals surface area contributed by atoms with Crippen molar-refractivity contribution < 1.29 is 5.11 Å². The number of aliphatic hydroxyl groups is 1. The molecule has 1 fully saturated rings. The third-order valence-corrected chi connectivity index (χ3v) is 3.94. The summed E-state index contributed by atoms with van der Waals surface area (Å²) in [4.78, 5) is 2.46. The van der Waals surface area contributed by atoms with Crippen LogP contribution in [-0.4, -0.2) is 23.1 Å². The Morgan fingerprint density at radius 3 is 2.53 bits per heavy atom. The molecule has 0 saturated carbocycles. The largest absolute Gasteiger partial charge is 0.392 e. The normalized spacial score (nSPS) is 17.2. The number of halogens is 1. The summed E-state index contributed by atoms with van der Waals surface area (Å²) >= 11 is 3.56. The lowest BCUT2D eigenvalue weighted by atomic mass is 10.1. The van der Waals surface area contributed by atoms with E-state index in [4.69, 9.17) is 5.11 Å². The fraction of sp³-hybridized carbons (Fsp3) is 0.500. The number of nitrogens with zero attached hydrogens (tertiary/aromatic N) is 1. The molecule has 0 aromatic heterocycles. The Morgan fingerprint density at radius 2 is 1.87 bits per heavy atom. The molecule has 15 heavy (non-hydrogen) atoms. The maximum absolute atomic E-state index is 9.16. The monoisotopic (exact) mass is 269 g/mol. The summed E-state index contributed by atoms with van der Waals surface area (Å²) in [5.41, 5.74) is 2.26. The van der Waals surface area contributed by atoms with Crippen LogP contribution in [0.15, 0.2) is 22.7 Å². The van der Waals surface area contributed by atoms with E-state index in [9.17, 15) is 0 Å². The molecule has 1 saturated heterocycles. The molecule has 2 nitrogen and oxygen atoms in total. The van der Waals surface area contributed by atoms with Crippen LogP contribution in [0.1, 0.15) is 24.0 Å². The first-order chi connectivity index (χ1) is 7.31. The predicted octanol–water partition coefficient (Wildman–Crippen LogP) is 2.54. The predicted molar refractivity (Wildman–Crippen MR) is 64.6 cm³/mol. The van der Waals surface area contributed by atoms with Gasteiger partial charge in [0.05, 0.1) is 6.61 Å². The van der Waals surface area contributed by atoms with Crippen LogP contribution in [0.4, 0.5) is 0 Å². The van der Waals surface area contributed by atoms with Crippen molar-refractivity contribution in [1.82, 2.24) is 4.90 Å². The number of hydrogen-bond acceptors (Lipinski definition) is 2. The summed E-state index contributed by atoms with van der Waals surface area (Å²) in [5, 5.41) is 9.16. The van der Waals surface area contributed by atoms with E-state index in [1.807, 2.05) is 12.1 Å². The average Bonchev–Trinajstić information content (AvgIpc) is 2.74. The Labute approximate surface area is 99.0 Å². The van der Waals surface area contributed by atoms with Crippen LogP contribution >= 0.6 is 15.9 Å². The fourth-order valence-corrected chi connectivity index (χ4v) is 2.57. The van der Waals surface area contributed by atoms with E-state index in [0.29, 0.717) is 0 Å². The lowest BCUT2D eigenvalue weighted by Gasteiger charge is -2.16. The molecular formula is C12H16BrNO. The smallest absolute Gasteiger partial charge is 0.0692 e. The second-order valence-corrected chi connectivity index (χ2v) is 4.82. The molecule has 0 spiro atoms. The fourth-order valence-electron chi connectivity index (χ4n) is 2.06. The number of likely N-dealkylation sites (tertiary alicyclic amines) is 1. The van der Waals surface area contributed by atoms with Crippen molar-refractivity contribution in [3.05, 3.63) is 33.8 Å². The van der Waals surface area contributed by atoms with Crippen LogP contribution in [0.3, 0.4) is 0 Å². The zero-order valence-corrected chi connectivity index (χ0v) is 10.3. The number of benzene rings is 1. The van der Waals surface area contributed by atoms with Crippen molar-refractivity contribution in [2.24, 2.45) is 0 Å². The third kappa shape index (κ3) is 2.60. The summed E-state index contributed by atoms with van der Waals surface area (Å²) in [6.45, 7) is 3.51. The number of hydrogen-bond donors (Lipinski definition) is 1. The summed E-state index contributed by atoms with van der Waals surface area (Å²) in [5.74, 6) is 0. The second kappa shape index (κ2) is 5.10. The number of rotatable bonds is 3. The molecule has 82 valence electrons. The van der Waals surface area contributed by atoms with Gasteiger partial charge < -0.3 is 5.11 Å². The van der Waals surface area contributed by atoms with Crippen molar-refractivity contribution in [3.63, 3.8) is 0 Å². The Kier molecular flexibility index (Phi) is 3.78. The highest BCUT2D eigenvalue weighted by molar-refractivity contribution is 9.10. The van der Waals surface area contributed by atoms with E-state index in [2.05, 4.69) is 26.9 Å². The summed E-state index contributed by atoms with van der Waals surface area (Å²) in [6, 6.07) is 6.10. The zero-order chi connectivity index (χ0) is 10.7. The SMILES string of the molecule is OCc1cccc(CN2CCCC2)c1Br. The van der Waals surface area contributed by atoms with Gasteiger partial charge in [0.1, 0.15) is 0 Å². The molecule has 1 aliphatic heterocycles. The second-order valence-electron chi connectivity index (χ2n) is 4.03. The van der Waals surface area contributed by atoms with Crippen molar-refractivity contribution in [2.75, 3.05) is 13.1 Å². The lowest BCUT2D eigenvalue weighted by Crippen LogP contribution is -2.18. The minimum Gasteiger partial charge on any atom is -0.392 e. The molecule has 0 atom stereocenters. The summed E-state index contributed by atoms with van der Waals surface area (Å²) in [7, 11) is 0. The first-order valence-corrected chi connectivity index (χ1v) is 6.20. The van der Waals surface area contributed by atoms with Crippen LogP contribution in [0, 0.1) is 0 Å². The highest BCUT2D eigenvalue weighted by Gasteiger charge is 2.13. The first-order valence-electron chi connectivity index (χ1n) is 5.41. The van der Waals surface area contributed by atoms with Crippen LogP contribution in [0.5, 0.6) is 0 Å². The molecule has 0 unspecified atom stereocenters. The standard InChI is InChI=1S/C12H16BrNO/c13-12-10(4-3-5-11(12)9-15)8-14-6-1-2-7-14/h3-5,15H,1-2,6-9H2. The molecule has 0 bridgehead atoms. The van der Waals surface area contributed by atoms with Crippen molar-refractivity contribution in [1.29, 1.82) is 0 Å². The molecule has 1 aliphatic rings. The van der Waals surface area contributed by atoms with Crippen LogP contribution in [0.25, 0.3) is 0 Å². The molecule has 1 aromatic carbocycles. The molecule has 0 amide bonds. The van der Waals surface area contributed by atoms with E-state index in [1.165, 1.54) is 31.5 Å². The van der Waals surface area contributed by atoms with Crippen LogP contribution in [-0.2, 0) is 13.2 Å². The van der Waals surface area contributed by atoms with Crippen LogP contribution in [0.2, 0.25) is 0 Å². The van der Waals surface area contributed by atoms with E-state index in [1.54, 1.807) is 0 Å². The Hall–Kier alpha value is -0.380. The topological polar surface area (TPSA) is 23.5 Å². The quantitative estimate of drug-likeness (QED) is 0.912. The van der Waals surface area contributed by atoms with Gasteiger partial charge in [0.15, 0.2) is 0 Å². The molecule has 1 aromatic rings. The lowest BCUT2D eigenvalue weighted by molar-refractivity contribution is 0.280. The van der Waals surface area contributed by atoms with Crippen LogP contribution < -0.4 is 0 Å². The minimum absolute atomic E-state index is 0.106. The first kappa shape index (κ1) is 11.1. The minimum atomic E-state index is 0.106. The van der Waals surface area contributed by atoms with E-state index >= 15 is 0 Å². The van der Waals surface area contributed by atoms with Gasteiger partial charge in [-0.25, -0.2) is 0 Å². The summed E-state index contributed by atoms with van der Waals surface area (Å²) in [6.07, 6.45) is 2.63. The third-order valence-electron chi connectivity index (χ3n) is 2.92. The molecule has 0 radical (unpaired) electrons. The van der Waals surface area contributed by atoms with Gasteiger partial charge in [-0.15, -0.1) is 0 Å². The zero-order valence-electron chi connectivity index (χ0n) is 8.75. The van der Waals surface area contributed by atoms with Gasteiger partial charge in [0, 0.05) is 11.0 Å². The summed E-state index contributed by atoms with van der Waals surface area (Å²) < 4.78 is 1.07. The van der Waals surface area contributed by atoms with E-state index in [0.717, 1.165) is 16.6 Å². The van der Waals surface area contributed by atoms with Gasteiger partial charge in [-0.3, -0.25) is 4.90 Å². The Bertz CT molecular complexity index is 334. The average molecular weight is 270 g/mol. The van der Waals surface area contributed by atoms with Gasteiger partial charge in [-0.1, -0.05) is 34.1 Å². The molecule has 1 heterocycles. The maximum atomic E-state index is 9.16. The van der Waals surface area contributed by atoms with Crippen molar-refractivity contribution in [2.45, 2.75) is 26.0 Å². The molecular weight excluding hydrogens is 254 g/mol. The molecule has 1 N–H and O–H groups in total. The van der Waals surface area contributed by atoms with Gasteiger partial charge >= 0.3 is 0 Å². The maximum Gasteiger partial charge on any atom is 0.0692 e. The van der Waals surface area contributed by atoms with Crippen molar-refractivity contribution >= 4 is 15.9 Å². The highest BCUT2D eigenvalue weighted by atomic mass is 79.9. The van der Waals surface area contributed by atoms with Gasteiger partial charge in [-0.2, -0.15) is 0 Å². The Balaban J connectivity index is 2.13. The van der Waals surface area contributed by atoms with E-state index < -0.39 is 0 Å². The van der Waals surface area contributed by atoms with E-state index in [-0.39, 0.29) is 6.61 Å². The Morgan fingerprint density at radius 1 is 1.20 bits per heavy atom. The van der Waals surface area contributed by atoms with Gasteiger partial charge in [-0.05, 0) is 37.1 Å². The van der Waals surface area contributed by atoms with Gasteiger partial charge in [0.25, 0.3) is 0 Å². The van der Waals surface area contributed by atoms with Gasteiger partial charge in [0.2, 0.25) is 0 Å². The number of aliphatic hydroxyl groups excluding tert-OH is 1. The molecule has 2 rings (SSSR count). The van der Waals surface area contributed by atoms with Crippen molar-refractivity contribution in [3.8, 4) is 0 Å². The molecule has 3 heteroatoms.